The first-order valence-corrected chi connectivity index (χ1v) is 8.77. The highest BCUT2D eigenvalue weighted by molar-refractivity contribution is 5.56. The SMILES string of the molecule is O=c1cc(-c2cccnc2)nc(C2CCN(Cc3cccc(F)c3F)C2)[nH]1. The van der Waals surface area contributed by atoms with Gasteiger partial charge in [-0.25, -0.2) is 13.8 Å². The molecule has 3 aromatic rings. The lowest BCUT2D eigenvalue weighted by Crippen LogP contribution is -2.22. The van der Waals surface area contributed by atoms with E-state index in [1.165, 1.54) is 12.1 Å². The predicted octanol–water partition coefficient (Wildman–Crippen LogP) is 3.10. The Balaban J connectivity index is 1.53. The van der Waals surface area contributed by atoms with Crippen LogP contribution < -0.4 is 5.56 Å². The average molecular weight is 368 g/mol. The smallest absolute Gasteiger partial charge is 0.251 e. The molecule has 1 fully saturated rings. The molecule has 1 aliphatic rings. The number of halogens is 2. The Morgan fingerprint density at radius 1 is 1.22 bits per heavy atom. The number of rotatable bonds is 4. The molecular formula is C20H18F2N4O. The van der Waals surface area contributed by atoms with Crippen molar-refractivity contribution in [3.63, 3.8) is 0 Å². The quantitative estimate of drug-likeness (QED) is 0.769. The van der Waals surface area contributed by atoms with Gasteiger partial charge in [-0.15, -0.1) is 0 Å². The minimum Gasteiger partial charge on any atom is -0.310 e. The Morgan fingerprint density at radius 2 is 2.11 bits per heavy atom. The number of likely N-dealkylation sites (tertiary alicyclic amines) is 1. The van der Waals surface area contributed by atoms with E-state index in [4.69, 9.17) is 0 Å². The molecule has 7 heteroatoms. The molecule has 1 atom stereocenters. The number of benzene rings is 1. The lowest BCUT2D eigenvalue weighted by molar-refractivity contribution is 0.317. The standard InChI is InChI=1S/C20H18F2N4O/c21-16-5-1-3-14(19(16)22)11-26-8-6-15(12-26)20-24-17(9-18(27)25-20)13-4-2-7-23-10-13/h1-5,7,9-10,15H,6,8,11-12H2,(H,24,25,27). The van der Waals surface area contributed by atoms with Crippen LogP contribution in [0, 0.1) is 11.6 Å². The van der Waals surface area contributed by atoms with Gasteiger partial charge in [0.15, 0.2) is 11.6 Å². The van der Waals surface area contributed by atoms with Gasteiger partial charge in [-0.05, 0) is 31.2 Å². The number of hydrogen-bond donors (Lipinski definition) is 1. The highest BCUT2D eigenvalue weighted by Crippen LogP contribution is 2.27. The van der Waals surface area contributed by atoms with Crippen LogP contribution in [0.25, 0.3) is 11.3 Å². The number of nitrogens with one attached hydrogen (secondary N) is 1. The van der Waals surface area contributed by atoms with Gasteiger partial charge in [-0.2, -0.15) is 0 Å². The number of aromatic amines is 1. The summed E-state index contributed by atoms with van der Waals surface area (Å²) < 4.78 is 27.3. The average Bonchev–Trinajstić information content (AvgIpc) is 3.14. The fourth-order valence-corrected chi connectivity index (χ4v) is 3.44. The first-order valence-electron chi connectivity index (χ1n) is 8.77. The van der Waals surface area contributed by atoms with Gasteiger partial charge in [0, 0.05) is 48.6 Å². The summed E-state index contributed by atoms with van der Waals surface area (Å²) in [5, 5.41) is 0. The summed E-state index contributed by atoms with van der Waals surface area (Å²) in [6.07, 6.45) is 4.12. The summed E-state index contributed by atoms with van der Waals surface area (Å²) in [6.45, 7) is 1.67. The molecule has 2 aromatic heterocycles. The predicted molar refractivity (Wildman–Crippen MR) is 97.1 cm³/mol. The summed E-state index contributed by atoms with van der Waals surface area (Å²) in [5.74, 6) is -0.987. The van der Waals surface area contributed by atoms with Gasteiger partial charge >= 0.3 is 0 Å². The van der Waals surface area contributed by atoms with E-state index in [2.05, 4.69) is 15.0 Å². The molecule has 1 unspecified atom stereocenters. The summed E-state index contributed by atoms with van der Waals surface area (Å²) in [5.41, 5.74) is 1.48. The second kappa shape index (κ2) is 7.36. The fraction of sp³-hybridized carbons (Fsp3) is 0.250. The van der Waals surface area contributed by atoms with Gasteiger partial charge < -0.3 is 4.98 Å². The largest absolute Gasteiger partial charge is 0.310 e. The second-order valence-electron chi connectivity index (χ2n) is 6.69. The highest BCUT2D eigenvalue weighted by atomic mass is 19.2. The van der Waals surface area contributed by atoms with Crippen LogP contribution in [0.2, 0.25) is 0 Å². The zero-order valence-electron chi connectivity index (χ0n) is 14.5. The third-order valence-corrected chi connectivity index (χ3v) is 4.80. The number of pyridine rings is 1. The molecule has 0 radical (unpaired) electrons. The van der Waals surface area contributed by atoms with Crippen LogP contribution >= 0.6 is 0 Å². The Labute approximate surface area is 154 Å². The van der Waals surface area contributed by atoms with Crippen LogP contribution in [0.3, 0.4) is 0 Å². The van der Waals surface area contributed by atoms with Crippen molar-refractivity contribution in [2.45, 2.75) is 18.9 Å². The second-order valence-corrected chi connectivity index (χ2v) is 6.69. The molecule has 3 heterocycles. The van der Waals surface area contributed by atoms with E-state index in [0.717, 1.165) is 24.6 Å². The molecule has 1 aliphatic heterocycles. The Morgan fingerprint density at radius 3 is 2.93 bits per heavy atom. The van der Waals surface area contributed by atoms with Crippen molar-refractivity contribution in [3.8, 4) is 11.3 Å². The van der Waals surface area contributed by atoms with E-state index in [1.54, 1.807) is 24.5 Å². The summed E-state index contributed by atoms with van der Waals surface area (Å²) in [7, 11) is 0. The van der Waals surface area contributed by atoms with Crippen LogP contribution in [0.1, 0.15) is 23.7 Å². The van der Waals surface area contributed by atoms with Crippen molar-refractivity contribution in [3.05, 3.63) is 82.2 Å². The van der Waals surface area contributed by atoms with Gasteiger partial charge in [-0.1, -0.05) is 12.1 Å². The van der Waals surface area contributed by atoms with Gasteiger partial charge in [0.1, 0.15) is 5.82 Å². The molecule has 1 N–H and O–H groups in total. The summed E-state index contributed by atoms with van der Waals surface area (Å²) >= 11 is 0. The molecule has 0 amide bonds. The minimum atomic E-state index is -0.835. The minimum absolute atomic E-state index is 0.0333. The molecule has 0 spiro atoms. The Hall–Kier alpha value is -2.93. The monoisotopic (exact) mass is 368 g/mol. The van der Waals surface area contributed by atoms with Crippen LogP contribution in [0.5, 0.6) is 0 Å². The van der Waals surface area contributed by atoms with Gasteiger partial charge in [0.05, 0.1) is 5.69 Å². The third-order valence-electron chi connectivity index (χ3n) is 4.80. The van der Waals surface area contributed by atoms with E-state index in [1.807, 2.05) is 11.0 Å². The number of aromatic nitrogens is 3. The van der Waals surface area contributed by atoms with Crippen molar-refractivity contribution in [1.82, 2.24) is 19.9 Å². The topological polar surface area (TPSA) is 61.9 Å². The first kappa shape index (κ1) is 17.5. The number of nitrogens with zero attached hydrogens (tertiary/aromatic N) is 3. The van der Waals surface area contributed by atoms with Gasteiger partial charge in [0.2, 0.25) is 0 Å². The maximum Gasteiger partial charge on any atom is 0.251 e. The lowest BCUT2D eigenvalue weighted by atomic mass is 10.1. The van der Waals surface area contributed by atoms with Crippen LogP contribution in [-0.2, 0) is 6.54 Å². The summed E-state index contributed by atoms with van der Waals surface area (Å²) in [6, 6.07) is 9.32. The van der Waals surface area contributed by atoms with Gasteiger partial charge in [-0.3, -0.25) is 14.7 Å². The van der Waals surface area contributed by atoms with E-state index in [9.17, 15) is 13.6 Å². The van der Waals surface area contributed by atoms with Crippen LogP contribution in [-0.4, -0.2) is 32.9 Å². The number of hydrogen-bond acceptors (Lipinski definition) is 4. The fourth-order valence-electron chi connectivity index (χ4n) is 3.44. The van der Waals surface area contributed by atoms with Crippen molar-refractivity contribution < 1.29 is 8.78 Å². The molecule has 1 saturated heterocycles. The summed E-state index contributed by atoms with van der Waals surface area (Å²) in [4.78, 5) is 25.6. The molecule has 27 heavy (non-hydrogen) atoms. The zero-order valence-corrected chi connectivity index (χ0v) is 14.5. The van der Waals surface area contributed by atoms with Crippen molar-refractivity contribution >= 4 is 0 Å². The van der Waals surface area contributed by atoms with Crippen molar-refractivity contribution in [2.75, 3.05) is 13.1 Å². The molecule has 138 valence electrons. The van der Waals surface area contributed by atoms with Crippen molar-refractivity contribution in [2.24, 2.45) is 0 Å². The molecular weight excluding hydrogens is 350 g/mol. The first-order chi connectivity index (χ1) is 13.1. The van der Waals surface area contributed by atoms with E-state index < -0.39 is 11.6 Å². The third kappa shape index (κ3) is 3.78. The molecule has 0 saturated carbocycles. The Kier molecular flexibility index (Phi) is 4.77. The molecule has 0 bridgehead atoms. The van der Waals surface area contributed by atoms with Gasteiger partial charge in [0.25, 0.3) is 5.56 Å². The van der Waals surface area contributed by atoms with Crippen LogP contribution in [0.15, 0.2) is 53.6 Å². The van der Waals surface area contributed by atoms with Crippen molar-refractivity contribution in [1.29, 1.82) is 0 Å². The van der Waals surface area contributed by atoms with E-state index >= 15 is 0 Å². The maximum atomic E-state index is 13.9. The molecule has 4 rings (SSSR count). The maximum absolute atomic E-state index is 13.9. The number of H-pyrrole nitrogens is 1. The molecule has 5 nitrogen and oxygen atoms in total. The lowest BCUT2D eigenvalue weighted by Gasteiger charge is -2.16. The highest BCUT2D eigenvalue weighted by Gasteiger charge is 2.27. The zero-order chi connectivity index (χ0) is 18.8. The molecule has 1 aromatic carbocycles. The Bertz CT molecular complexity index is 1010. The normalized spacial score (nSPS) is 17.3. The van der Waals surface area contributed by atoms with E-state index in [0.29, 0.717) is 30.2 Å². The van der Waals surface area contributed by atoms with Crippen LogP contribution in [0.4, 0.5) is 8.78 Å². The van der Waals surface area contributed by atoms with E-state index in [-0.39, 0.29) is 11.5 Å². The molecule has 0 aliphatic carbocycles.